The van der Waals surface area contributed by atoms with E-state index in [2.05, 4.69) is 10.6 Å². The molecule has 2 amide bonds. The lowest BCUT2D eigenvalue weighted by Gasteiger charge is -2.18. The summed E-state index contributed by atoms with van der Waals surface area (Å²) in [5.74, 6) is 0.843. The first-order valence-corrected chi connectivity index (χ1v) is 11.2. The fourth-order valence-electron chi connectivity index (χ4n) is 3.45. The minimum Gasteiger partial charge on any atom is -0.481 e. The smallest absolute Gasteiger partial charge is 0.265 e. The van der Waals surface area contributed by atoms with E-state index in [-0.39, 0.29) is 11.8 Å². The fourth-order valence-corrected chi connectivity index (χ4v) is 3.45. The Bertz CT molecular complexity index is 1200. The number of furan rings is 1. The molecular formula is C28H26N2O4. The van der Waals surface area contributed by atoms with E-state index in [0.29, 0.717) is 35.7 Å². The molecule has 0 spiro atoms. The number of anilines is 1. The molecule has 34 heavy (non-hydrogen) atoms. The molecule has 0 aliphatic heterocycles. The van der Waals surface area contributed by atoms with Crippen molar-refractivity contribution in [3.63, 3.8) is 0 Å². The lowest BCUT2D eigenvalue weighted by molar-refractivity contribution is -0.122. The largest absolute Gasteiger partial charge is 0.481 e. The van der Waals surface area contributed by atoms with E-state index < -0.39 is 6.10 Å². The van der Waals surface area contributed by atoms with Gasteiger partial charge in [-0.3, -0.25) is 9.59 Å². The van der Waals surface area contributed by atoms with Gasteiger partial charge in [0.1, 0.15) is 11.5 Å². The second kappa shape index (κ2) is 11.0. The third-order valence-electron chi connectivity index (χ3n) is 5.32. The minimum atomic E-state index is -0.640. The maximum absolute atomic E-state index is 12.8. The topological polar surface area (TPSA) is 80.6 Å². The van der Waals surface area contributed by atoms with Crippen molar-refractivity contribution in [3.05, 3.63) is 109 Å². The first kappa shape index (κ1) is 22.9. The lowest BCUT2D eigenvalue weighted by atomic mass is 10.1. The first-order chi connectivity index (χ1) is 16.6. The van der Waals surface area contributed by atoms with Gasteiger partial charge in [0.15, 0.2) is 6.10 Å². The quantitative estimate of drug-likeness (QED) is 0.341. The molecule has 1 atom stereocenters. The van der Waals surface area contributed by atoms with Gasteiger partial charge in [0.05, 0.1) is 12.8 Å². The molecule has 2 N–H and O–H groups in total. The molecule has 4 aromatic rings. The SMILES string of the molecule is CCC(Oc1ccc(-c2ccccc2)cc1)C(=O)Nc1ccc(C(=O)NCc2ccco2)cc1. The van der Waals surface area contributed by atoms with Crippen LogP contribution in [0.15, 0.2) is 102 Å². The molecule has 1 aromatic heterocycles. The summed E-state index contributed by atoms with van der Waals surface area (Å²) in [6.07, 6.45) is 1.43. The number of ether oxygens (including phenoxy) is 1. The summed E-state index contributed by atoms with van der Waals surface area (Å²) in [4.78, 5) is 25.0. The molecule has 172 valence electrons. The number of rotatable bonds is 9. The van der Waals surface area contributed by atoms with E-state index in [9.17, 15) is 9.59 Å². The maximum atomic E-state index is 12.8. The van der Waals surface area contributed by atoms with Crippen LogP contribution in [-0.2, 0) is 11.3 Å². The van der Waals surface area contributed by atoms with Gasteiger partial charge in [0.25, 0.3) is 11.8 Å². The van der Waals surface area contributed by atoms with Crippen LogP contribution in [0.2, 0.25) is 0 Å². The molecule has 1 unspecified atom stereocenters. The summed E-state index contributed by atoms with van der Waals surface area (Å²) in [6, 6.07) is 28.0. The van der Waals surface area contributed by atoms with Crippen LogP contribution < -0.4 is 15.4 Å². The number of carbonyl (C=O) groups is 2. The molecule has 3 aromatic carbocycles. The van der Waals surface area contributed by atoms with Crippen LogP contribution >= 0.6 is 0 Å². The minimum absolute atomic E-state index is 0.219. The molecule has 6 nitrogen and oxygen atoms in total. The highest BCUT2D eigenvalue weighted by molar-refractivity contribution is 5.97. The van der Waals surface area contributed by atoms with Crippen LogP contribution in [0.3, 0.4) is 0 Å². The Morgan fingerprint density at radius 3 is 2.21 bits per heavy atom. The van der Waals surface area contributed by atoms with Crippen molar-refractivity contribution in [3.8, 4) is 16.9 Å². The van der Waals surface area contributed by atoms with Gasteiger partial charge in [-0.05, 0) is 66.1 Å². The van der Waals surface area contributed by atoms with Crippen molar-refractivity contribution in [1.82, 2.24) is 5.32 Å². The Morgan fingerprint density at radius 2 is 1.56 bits per heavy atom. The van der Waals surface area contributed by atoms with Crippen LogP contribution in [0.25, 0.3) is 11.1 Å². The predicted octanol–water partition coefficient (Wildman–Crippen LogP) is 5.67. The molecule has 4 rings (SSSR count). The molecule has 0 bridgehead atoms. The van der Waals surface area contributed by atoms with E-state index in [1.165, 1.54) is 0 Å². The highest BCUT2D eigenvalue weighted by atomic mass is 16.5. The molecule has 0 aliphatic carbocycles. The summed E-state index contributed by atoms with van der Waals surface area (Å²) in [5.41, 5.74) is 3.29. The second-order valence-corrected chi connectivity index (χ2v) is 7.73. The summed E-state index contributed by atoms with van der Waals surface area (Å²) in [5, 5.41) is 5.65. The first-order valence-electron chi connectivity index (χ1n) is 11.2. The highest BCUT2D eigenvalue weighted by Crippen LogP contribution is 2.23. The normalized spacial score (nSPS) is 11.4. The number of hydrogen-bond donors (Lipinski definition) is 2. The number of hydrogen-bond acceptors (Lipinski definition) is 4. The monoisotopic (exact) mass is 454 g/mol. The average molecular weight is 455 g/mol. The molecule has 0 fully saturated rings. The molecule has 1 heterocycles. The Balaban J connectivity index is 1.32. The van der Waals surface area contributed by atoms with E-state index >= 15 is 0 Å². The summed E-state index contributed by atoms with van der Waals surface area (Å²) in [6.45, 7) is 2.21. The van der Waals surface area contributed by atoms with E-state index in [4.69, 9.17) is 9.15 Å². The van der Waals surface area contributed by atoms with Gasteiger partial charge in [-0.15, -0.1) is 0 Å². The van der Waals surface area contributed by atoms with Gasteiger partial charge in [-0.25, -0.2) is 0 Å². The zero-order valence-corrected chi connectivity index (χ0v) is 18.9. The summed E-state index contributed by atoms with van der Waals surface area (Å²) in [7, 11) is 0. The number of nitrogens with one attached hydrogen (secondary N) is 2. The van der Waals surface area contributed by atoms with Crippen LogP contribution in [0.4, 0.5) is 5.69 Å². The third kappa shape index (κ3) is 5.92. The standard InChI is InChI=1S/C28H26N2O4/c1-2-26(34-24-16-12-21(13-17-24)20-7-4-3-5-8-20)28(32)30-23-14-10-22(11-15-23)27(31)29-19-25-9-6-18-33-25/h3-18,26H,2,19H2,1H3,(H,29,31)(H,30,32). The Kier molecular flexibility index (Phi) is 7.40. The highest BCUT2D eigenvalue weighted by Gasteiger charge is 2.19. The van der Waals surface area contributed by atoms with E-state index in [0.717, 1.165) is 11.1 Å². The van der Waals surface area contributed by atoms with Gasteiger partial charge < -0.3 is 19.8 Å². The second-order valence-electron chi connectivity index (χ2n) is 7.73. The number of benzene rings is 3. The van der Waals surface area contributed by atoms with Crippen molar-refractivity contribution in [1.29, 1.82) is 0 Å². The van der Waals surface area contributed by atoms with Gasteiger partial charge >= 0.3 is 0 Å². The van der Waals surface area contributed by atoms with Crippen LogP contribution in [-0.4, -0.2) is 17.9 Å². The van der Waals surface area contributed by atoms with Crippen LogP contribution in [0.5, 0.6) is 5.75 Å². The predicted molar refractivity (Wildman–Crippen MR) is 132 cm³/mol. The Hall–Kier alpha value is -4.32. The average Bonchev–Trinajstić information content (AvgIpc) is 3.41. The number of amides is 2. The summed E-state index contributed by atoms with van der Waals surface area (Å²) < 4.78 is 11.1. The Morgan fingerprint density at radius 1 is 0.853 bits per heavy atom. The van der Waals surface area contributed by atoms with E-state index in [1.807, 2.05) is 61.5 Å². The van der Waals surface area contributed by atoms with E-state index in [1.54, 1.807) is 42.7 Å². The molecule has 0 saturated carbocycles. The van der Waals surface area contributed by atoms with Crippen LogP contribution in [0, 0.1) is 0 Å². The van der Waals surface area contributed by atoms with Gasteiger partial charge in [-0.1, -0.05) is 49.4 Å². The summed E-state index contributed by atoms with van der Waals surface area (Å²) >= 11 is 0. The van der Waals surface area contributed by atoms with Crippen molar-refractivity contribution in [2.45, 2.75) is 26.0 Å². The maximum Gasteiger partial charge on any atom is 0.265 e. The van der Waals surface area contributed by atoms with Gasteiger partial charge in [0, 0.05) is 11.3 Å². The van der Waals surface area contributed by atoms with Crippen molar-refractivity contribution in [2.24, 2.45) is 0 Å². The zero-order valence-electron chi connectivity index (χ0n) is 18.9. The fraction of sp³-hybridized carbons (Fsp3) is 0.143. The molecule has 6 heteroatoms. The van der Waals surface area contributed by atoms with Crippen molar-refractivity contribution in [2.75, 3.05) is 5.32 Å². The van der Waals surface area contributed by atoms with Crippen molar-refractivity contribution >= 4 is 17.5 Å². The molecule has 0 radical (unpaired) electrons. The third-order valence-corrected chi connectivity index (χ3v) is 5.32. The number of carbonyl (C=O) groups excluding carboxylic acids is 2. The van der Waals surface area contributed by atoms with Gasteiger partial charge in [0.2, 0.25) is 0 Å². The zero-order chi connectivity index (χ0) is 23.8. The van der Waals surface area contributed by atoms with Gasteiger partial charge in [-0.2, -0.15) is 0 Å². The van der Waals surface area contributed by atoms with Crippen molar-refractivity contribution < 1.29 is 18.7 Å². The Labute approximate surface area is 198 Å². The van der Waals surface area contributed by atoms with Crippen LogP contribution in [0.1, 0.15) is 29.5 Å². The lowest BCUT2D eigenvalue weighted by Crippen LogP contribution is -2.32. The molecule has 0 saturated heterocycles. The molecule has 0 aliphatic rings. The molecular weight excluding hydrogens is 428 g/mol.